The van der Waals surface area contributed by atoms with Gasteiger partial charge in [0.05, 0.1) is 95.9 Å². The first-order valence-corrected chi connectivity index (χ1v) is 26.1. The van der Waals surface area contributed by atoms with Crippen molar-refractivity contribution in [1.82, 2.24) is 0 Å². The lowest BCUT2D eigenvalue weighted by Crippen LogP contribution is -2.04. The molecule has 0 bridgehead atoms. The van der Waals surface area contributed by atoms with Gasteiger partial charge in [0.15, 0.2) is 0 Å². The van der Waals surface area contributed by atoms with Crippen molar-refractivity contribution in [3.8, 4) is 46.0 Å². The molecule has 0 aliphatic rings. The Morgan fingerprint density at radius 1 is 0.344 bits per heavy atom. The van der Waals surface area contributed by atoms with Crippen LogP contribution in [0.1, 0.15) is 39.0 Å². The Morgan fingerprint density at radius 2 is 0.641 bits per heavy atom. The Labute approximate surface area is 404 Å². The van der Waals surface area contributed by atoms with Crippen LogP contribution in [-0.4, -0.2) is 56.9 Å². The van der Waals surface area contributed by atoms with E-state index in [4.69, 9.17) is 37.9 Å². The van der Waals surface area contributed by atoms with Crippen molar-refractivity contribution >= 4 is 136 Å². The van der Waals surface area contributed by atoms with Gasteiger partial charge in [-0.25, -0.2) is 0 Å². The molecule has 8 nitrogen and oxygen atoms in total. The zero-order chi connectivity index (χ0) is 44.7. The molecule has 8 rings (SSSR count). The molecule has 328 valence electrons. The van der Waals surface area contributed by atoms with Crippen LogP contribution in [0, 0.1) is 10.8 Å². The zero-order valence-corrected chi connectivity index (χ0v) is 42.3. The second-order valence-electron chi connectivity index (χ2n) is 13.1. The van der Waals surface area contributed by atoms with E-state index in [1.165, 1.54) is 22.7 Å². The lowest BCUT2D eigenvalue weighted by molar-refractivity contribution is 0.414. The molecule has 8 aromatic rings. The Hall–Kier alpha value is -5.04. The van der Waals surface area contributed by atoms with Gasteiger partial charge in [0.2, 0.25) is 0 Å². The maximum absolute atomic E-state index is 6.33. The van der Waals surface area contributed by atoms with Crippen LogP contribution < -0.4 is 37.9 Å². The summed E-state index contributed by atoms with van der Waals surface area (Å²) in [6.45, 7) is 0. The van der Waals surface area contributed by atoms with E-state index in [-0.39, 0.29) is 0 Å². The normalized spacial score (nSPS) is 12.8. The summed E-state index contributed by atoms with van der Waals surface area (Å²) in [6, 6.07) is 15.7. The van der Waals surface area contributed by atoms with Crippen LogP contribution in [-0.2, 0) is 0 Å². The lowest BCUT2D eigenvalue weighted by atomic mass is 9.84. The van der Waals surface area contributed by atoms with Crippen molar-refractivity contribution in [3.05, 3.63) is 131 Å². The largest absolute Gasteiger partial charge is 0.495 e. The SMILES string of the molecule is COc1ccsc1C=C(C(=C(C(=C(C(=Cc1sccc1OC)c1sccc1OC)c1sccc1OC)c1sccc1OC)c1s[c]cc1OC)c1s[c]cc1OC)c1sccc1OC. The topological polar surface area (TPSA) is 73.8 Å². The summed E-state index contributed by atoms with van der Waals surface area (Å²) in [4.78, 5) is 7.03. The summed E-state index contributed by atoms with van der Waals surface area (Å²) in [5.41, 5.74) is 5.08. The van der Waals surface area contributed by atoms with Gasteiger partial charge >= 0.3 is 0 Å². The summed E-state index contributed by atoms with van der Waals surface area (Å²) in [6.07, 6.45) is 4.37. The number of ether oxygens (including phenoxy) is 8. The summed E-state index contributed by atoms with van der Waals surface area (Å²) < 4.78 is 49.4. The third-order valence-electron chi connectivity index (χ3n) is 9.98. The molecule has 0 spiro atoms. The average molecular weight is 1000 g/mol. The molecule has 8 heterocycles. The molecule has 0 N–H and O–H groups in total. The highest BCUT2D eigenvalue weighted by atomic mass is 32.1. The first-order valence-electron chi connectivity index (χ1n) is 19.1. The molecule has 0 atom stereocenters. The summed E-state index contributed by atoms with van der Waals surface area (Å²) >= 11 is 12.5. The van der Waals surface area contributed by atoms with E-state index >= 15 is 0 Å². The number of methoxy groups -OCH3 is 8. The highest BCUT2D eigenvalue weighted by Crippen LogP contribution is 2.60. The summed E-state index contributed by atoms with van der Waals surface area (Å²) in [5.74, 6) is 5.56. The zero-order valence-electron chi connectivity index (χ0n) is 35.8. The maximum atomic E-state index is 6.33. The van der Waals surface area contributed by atoms with Gasteiger partial charge in [-0.15, -0.1) is 90.7 Å². The average Bonchev–Trinajstić information content (AvgIpc) is 4.18. The van der Waals surface area contributed by atoms with E-state index in [1.807, 2.05) is 70.1 Å². The second kappa shape index (κ2) is 20.9. The molecule has 0 amide bonds. The maximum Gasteiger partial charge on any atom is 0.138 e. The Kier molecular flexibility index (Phi) is 14.8. The van der Waals surface area contributed by atoms with Crippen LogP contribution in [0.3, 0.4) is 0 Å². The molecule has 16 heteroatoms. The van der Waals surface area contributed by atoms with Crippen molar-refractivity contribution in [1.29, 1.82) is 0 Å². The van der Waals surface area contributed by atoms with Crippen molar-refractivity contribution in [3.63, 3.8) is 0 Å². The van der Waals surface area contributed by atoms with Gasteiger partial charge < -0.3 is 37.9 Å². The molecule has 64 heavy (non-hydrogen) atoms. The highest BCUT2D eigenvalue weighted by molar-refractivity contribution is 7.16. The van der Waals surface area contributed by atoms with E-state index in [0.29, 0.717) is 34.5 Å². The van der Waals surface area contributed by atoms with Crippen molar-refractivity contribution < 1.29 is 37.9 Å². The van der Waals surface area contributed by atoms with Gasteiger partial charge in [-0.1, -0.05) is 0 Å². The van der Waals surface area contributed by atoms with E-state index in [0.717, 1.165) is 84.0 Å². The van der Waals surface area contributed by atoms with Crippen LogP contribution in [0.4, 0.5) is 0 Å². The number of thiophene rings is 8. The predicted octanol–water partition coefficient (Wildman–Crippen LogP) is 14.9. The summed E-state index contributed by atoms with van der Waals surface area (Å²) in [7, 11) is 13.6. The second-order valence-corrected chi connectivity index (χ2v) is 20.4. The third kappa shape index (κ3) is 8.73. The molecule has 2 radical (unpaired) electrons. The minimum Gasteiger partial charge on any atom is -0.495 e. The summed E-state index contributed by atoms with van der Waals surface area (Å²) in [5, 5.41) is 19.1. The minimum atomic E-state index is 0.632. The van der Waals surface area contributed by atoms with E-state index < -0.39 is 0 Å². The smallest absolute Gasteiger partial charge is 0.138 e. The van der Waals surface area contributed by atoms with Crippen LogP contribution in [0.5, 0.6) is 46.0 Å². The number of hydrogen-bond donors (Lipinski definition) is 0. The molecular formula is C48H40O8S8. The first kappa shape index (κ1) is 45.5. The van der Waals surface area contributed by atoms with E-state index in [9.17, 15) is 0 Å². The van der Waals surface area contributed by atoms with Gasteiger partial charge in [0.1, 0.15) is 46.0 Å². The molecule has 0 saturated carbocycles. The quantitative estimate of drug-likeness (QED) is 0.0742. The van der Waals surface area contributed by atoms with Crippen LogP contribution in [0.25, 0.3) is 45.6 Å². The van der Waals surface area contributed by atoms with Crippen LogP contribution >= 0.6 is 90.7 Å². The van der Waals surface area contributed by atoms with Gasteiger partial charge in [-0.3, -0.25) is 0 Å². The van der Waals surface area contributed by atoms with E-state index in [1.54, 1.807) is 125 Å². The molecule has 0 saturated heterocycles. The molecule has 0 aromatic carbocycles. The Balaban J connectivity index is 1.72. The molecule has 0 unspecified atom stereocenters. The lowest BCUT2D eigenvalue weighted by Gasteiger charge is -2.25. The highest BCUT2D eigenvalue weighted by Gasteiger charge is 2.35. The fraction of sp³-hybridized carbons (Fsp3) is 0.167. The fourth-order valence-electron chi connectivity index (χ4n) is 7.13. The van der Waals surface area contributed by atoms with Crippen molar-refractivity contribution in [2.24, 2.45) is 0 Å². The molecule has 8 aromatic heterocycles. The Morgan fingerprint density at radius 3 is 1.05 bits per heavy atom. The third-order valence-corrected chi connectivity index (χ3v) is 17.0. The van der Waals surface area contributed by atoms with Crippen LogP contribution in [0.15, 0.2) is 80.8 Å². The standard InChI is InChI=1S/C48H40O8S8/c1-49-29-9-17-57-37(29)25-27(43-31(51-3)11-19-59-43)39(45-33(53-5)13-21-61-45)41(47-35(55-7)15-23-63-47)42(48-36(56-8)16-24-64-48)40(46-34(54-6)14-22-62-46)28(44-32(52-4)12-20-60-44)26-38-30(50-2)10-18-58-38/h9-21,23,25-26H,1-8H3. The molecular weight excluding hydrogens is 961 g/mol. The number of allylic oxidation sites excluding steroid dienone is 6. The Bertz CT molecular complexity index is 2770. The molecule has 0 fully saturated rings. The van der Waals surface area contributed by atoms with E-state index in [2.05, 4.69) is 33.7 Å². The van der Waals surface area contributed by atoms with Gasteiger partial charge in [-0.05, 0) is 80.8 Å². The van der Waals surface area contributed by atoms with Crippen molar-refractivity contribution in [2.45, 2.75) is 0 Å². The molecule has 0 aliphatic heterocycles. The fourth-order valence-corrected chi connectivity index (χ4v) is 14.0. The number of rotatable bonds is 19. The predicted molar refractivity (Wildman–Crippen MR) is 274 cm³/mol. The van der Waals surface area contributed by atoms with Gasteiger partial charge in [0, 0.05) is 56.3 Å². The minimum absolute atomic E-state index is 0.632. The van der Waals surface area contributed by atoms with Crippen molar-refractivity contribution in [2.75, 3.05) is 56.9 Å². The number of hydrogen-bond acceptors (Lipinski definition) is 16. The van der Waals surface area contributed by atoms with Gasteiger partial charge in [-0.2, -0.15) is 0 Å². The monoisotopic (exact) mass is 1000 g/mol. The van der Waals surface area contributed by atoms with Gasteiger partial charge in [0.25, 0.3) is 0 Å². The molecule has 0 aliphatic carbocycles. The first-order chi connectivity index (χ1) is 31.4. The van der Waals surface area contributed by atoms with Crippen LogP contribution in [0.2, 0.25) is 0 Å².